The van der Waals surface area contributed by atoms with Crippen LogP contribution >= 0.6 is 0 Å². The van der Waals surface area contributed by atoms with E-state index >= 15 is 0 Å². The number of carbonyl (C=O) groups is 1. The van der Waals surface area contributed by atoms with Gasteiger partial charge in [-0.2, -0.15) is 0 Å². The number of pyridine rings is 1. The zero-order chi connectivity index (χ0) is 17.6. The van der Waals surface area contributed by atoms with Crippen molar-refractivity contribution in [3.63, 3.8) is 0 Å². The Morgan fingerprint density at radius 1 is 1.12 bits per heavy atom. The third-order valence-corrected chi connectivity index (χ3v) is 4.27. The average Bonchev–Trinajstić information content (AvgIpc) is 2.64. The number of hydrogen-bond acceptors (Lipinski definition) is 5. The van der Waals surface area contributed by atoms with Crippen LogP contribution in [0.15, 0.2) is 48.7 Å². The number of benzene rings is 1. The minimum Gasteiger partial charge on any atom is -0.481 e. The van der Waals surface area contributed by atoms with Crippen LogP contribution in [0.4, 0.5) is 11.5 Å². The molecule has 6 heteroatoms. The number of aromatic nitrogens is 1. The second-order valence-electron chi connectivity index (χ2n) is 6.26. The summed E-state index contributed by atoms with van der Waals surface area (Å²) in [5, 5.41) is 2.85. The van der Waals surface area contributed by atoms with E-state index in [0.29, 0.717) is 11.4 Å². The molecule has 1 fully saturated rings. The van der Waals surface area contributed by atoms with Crippen molar-refractivity contribution < 1.29 is 9.53 Å². The van der Waals surface area contributed by atoms with Crippen molar-refractivity contribution >= 4 is 17.4 Å². The maximum atomic E-state index is 12.3. The third-order valence-electron chi connectivity index (χ3n) is 4.27. The molecule has 3 rings (SSSR count). The highest BCUT2D eigenvalue weighted by Crippen LogP contribution is 2.17. The van der Waals surface area contributed by atoms with Gasteiger partial charge in [-0.3, -0.25) is 4.79 Å². The second kappa shape index (κ2) is 7.98. The van der Waals surface area contributed by atoms with Gasteiger partial charge in [0, 0.05) is 26.2 Å². The Balaban J connectivity index is 1.54. The van der Waals surface area contributed by atoms with Gasteiger partial charge in [0.15, 0.2) is 6.10 Å². The van der Waals surface area contributed by atoms with Gasteiger partial charge in [-0.05, 0) is 38.2 Å². The fraction of sp³-hybridized carbons (Fsp3) is 0.368. The number of nitrogens with zero attached hydrogens (tertiary/aromatic N) is 3. The molecule has 1 aromatic carbocycles. The van der Waals surface area contributed by atoms with Crippen LogP contribution in [-0.2, 0) is 4.79 Å². The molecule has 25 heavy (non-hydrogen) atoms. The van der Waals surface area contributed by atoms with Gasteiger partial charge >= 0.3 is 0 Å². The Hall–Kier alpha value is -2.60. The van der Waals surface area contributed by atoms with Gasteiger partial charge in [0.1, 0.15) is 11.6 Å². The molecule has 1 aliphatic rings. The smallest absolute Gasteiger partial charge is 0.265 e. The highest BCUT2D eigenvalue weighted by atomic mass is 16.5. The lowest BCUT2D eigenvalue weighted by molar-refractivity contribution is -0.122. The lowest BCUT2D eigenvalue weighted by Crippen LogP contribution is -2.44. The molecule has 1 N–H and O–H groups in total. The van der Waals surface area contributed by atoms with E-state index in [4.69, 9.17) is 4.74 Å². The molecule has 1 amide bonds. The van der Waals surface area contributed by atoms with Crippen LogP contribution in [0.5, 0.6) is 5.75 Å². The van der Waals surface area contributed by atoms with Gasteiger partial charge in [0.2, 0.25) is 0 Å². The Kier molecular flexibility index (Phi) is 5.50. The van der Waals surface area contributed by atoms with E-state index in [2.05, 4.69) is 27.1 Å². The summed E-state index contributed by atoms with van der Waals surface area (Å²) in [4.78, 5) is 21.3. The molecule has 1 saturated heterocycles. The zero-order valence-corrected chi connectivity index (χ0v) is 14.7. The molecule has 1 aromatic heterocycles. The predicted octanol–water partition coefficient (Wildman–Crippen LogP) is 2.24. The number of piperazine rings is 1. The highest BCUT2D eigenvalue weighted by molar-refractivity contribution is 5.94. The summed E-state index contributed by atoms with van der Waals surface area (Å²) in [5.74, 6) is 1.42. The SMILES string of the molecule is C[C@H](Oc1ccccc1)C(=O)Nc1ccc(N2CCN(C)CC2)nc1. The van der Waals surface area contributed by atoms with Crippen molar-refractivity contribution in [2.45, 2.75) is 13.0 Å². The van der Waals surface area contributed by atoms with Crippen LogP contribution in [0, 0.1) is 0 Å². The molecule has 0 radical (unpaired) electrons. The fourth-order valence-corrected chi connectivity index (χ4v) is 2.68. The van der Waals surface area contributed by atoms with Gasteiger partial charge < -0.3 is 19.9 Å². The minimum atomic E-state index is -0.584. The first-order valence-electron chi connectivity index (χ1n) is 8.54. The van der Waals surface area contributed by atoms with Gasteiger partial charge in [-0.15, -0.1) is 0 Å². The van der Waals surface area contributed by atoms with E-state index in [-0.39, 0.29) is 5.91 Å². The lowest BCUT2D eigenvalue weighted by Gasteiger charge is -2.33. The van der Waals surface area contributed by atoms with Crippen molar-refractivity contribution in [3.8, 4) is 5.75 Å². The normalized spacial score (nSPS) is 16.3. The number of carbonyl (C=O) groups excluding carboxylic acids is 1. The van der Waals surface area contributed by atoms with Crippen molar-refractivity contribution in [1.29, 1.82) is 0 Å². The molecule has 0 unspecified atom stereocenters. The first-order valence-corrected chi connectivity index (χ1v) is 8.54. The Morgan fingerprint density at radius 3 is 2.48 bits per heavy atom. The standard InChI is InChI=1S/C19H24N4O2/c1-15(25-17-6-4-3-5-7-17)19(24)21-16-8-9-18(20-14-16)23-12-10-22(2)11-13-23/h3-9,14-15H,10-13H2,1-2H3,(H,21,24)/t15-/m0/s1. The van der Waals surface area contributed by atoms with E-state index in [9.17, 15) is 4.79 Å². The second-order valence-corrected chi connectivity index (χ2v) is 6.26. The van der Waals surface area contributed by atoms with Gasteiger partial charge in [-0.1, -0.05) is 18.2 Å². The summed E-state index contributed by atoms with van der Waals surface area (Å²) in [6.45, 7) is 5.74. The van der Waals surface area contributed by atoms with Crippen molar-refractivity contribution in [3.05, 3.63) is 48.7 Å². The van der Waals surface area contributed by atoms with Crippen LogP contribution in [0.3, 0.4) is 0 Å². The predicted molar refractivity (Wildman–Crippen MR) is 99.1 cm³/mol. The average molecular weight is 340 g/mol. The maximum Gasteiger partial charge on any atom is 0.265 e. The summed E-state index contributed by atoms with van der Waals surface area (Å²) in [6.07, 6.45) is 1.11. The zero-order valence-electron chi connectivity index (χ0n) is 14.7. The molecule has 0 spiro atoms. The summed E-state index contributed by atoms with van der Waals surface area (Å²) in [5.41, 5.74) is 0.673. The molecule has 132 valence electrons. The van der Waals surface area contributed by atoms with Crippen LogP contribution < -0.4 is 15.0 Å². The number of amides is 1. The number of rotatable bonds is 5. The first-order chi connectivity index (χ1) is 12.1. The molecule has 6 nitrogen and oxygen atoms in total. The summed E-state index contributed by atoms with van der Waals surface area (Å²) in [6, 6.07) is 13.1. The summed E-state index contributed by atoms with van der Waals surface area (Å²) >= 11 is 0. The van der Waals surface area contributed by atoms with Crippen LogP contribution in [-0.4, -0.2) is 55.1 Å². The Morgan fingerprint density at radius 2 is 1.84 bits per heavy atom. The number of likely N-dealkylation sites (N-methyl/N-ethyl adjacent to an activating group) is 1. The van der Waals surface area contributed by atoms with Crippen molar-refractivity contribution in [2.24, 2.45) is 0 Å². The quantitative estimate of drug-likeness (QED) is 0.905. The number of para-hydroxylation sites is 1. The van der Waals surface area contributed by atoms with Crippen LogP contribution in [0.25, 0.3) is 0 Å². The van der Waals surface area contributed by atoms with E-state index in [1.54, 1.807) is 13.1 Å². The lowest BCUT2D eigenvalue weighted by atomic mass is 10.3. The number of ether oxygens (including phenoxy) is 1. The third kappa shape index (κ3) is 4.70. The highest BCUT2D eigenvalue weighted by Gasteiger charge is 2.17. The number of anilines is 2. The molecule has 2 heterocycles. The summed E-state index contributed by atoms with van der Waals surface area (Å²) in [7, 11) is 2.13. The van der Waals surface area contributed by atoms with Gasteiger partial charge in [0.05, 0.1) is 11.9 Å². The molecule has 1 atom stereocenters. The number of hydrogen-bond donors (Lipinski definition) is 1. The molecule has 0 bridgehead atoms. The fourth-order valence-electron chi connectivity index (χ4n) is 2.68. The van der Waals surface area contributed by atoms with Crippen LogP contribution in [0.1, 0.15) is 6.92 Å². The molecular weight excluding hydrogens is 316 g/mol. The number of nitrogens with one attached hydrogen (secondary N) is 1. The van der Waals surface area contributed by atoms with Crippen LogP contribution in [0.2, 0.25) is 0 Å². The molecule has 1 aliphatic heterocycles. The molecule has 0 saturated carbocycles. The van der Waals surface area contributed by atoms with E-state index in [1.165, 1.54) is 0 Å². The first kappa shape index (κ1) is 17.2. The summed E-state index contributed by atoms with van der Waals surface area (Å²) < 4.78 is 5.63. The topological polar surface area (TPSA) is 57.7 Å². The van der Waals surface area contributed by atoms with E-state index < -0.39 is 6.10 Å². The van der Waals surface area contributed by atoms with Crippen molar-refractivity contribution in [2.75, 3.05) is 43.4 Å². The maximum absolute atomic E-state index is 12.3. The van der Waals surface area contributed by atoms with E-state index in [0.717, 1.165) is 32.0 Å². The Bertz CT molecular complexity index is 682. The van der Waals surface area contributed by atoms with Crippen molar-refractivity contribution in [1.82, 2.24) is 9.88 Å². The van der Waals surface area contributed by atoms with Gasteiger partial charge in [0.25, 0.3) is 5.91 Å². The Labute approximate surface area is 148 Å². The monoisotopic (exact) mass is 340 g/mol. The van der Waals surface area contributed by atoms with E-state index in [1.807, 2.05) is 42.5 Å². The molecular formula is C19H24N4O2. The van der Waals surface area contributed by atoms with Gasteiger partial charge in [-0.25, -0.2) is 4.98 Å². The largest absolute Gasteiger partial charge is 0.481 e. The molecule has 0 aliphatic carbocycles. The minimum absolute atomic E-state index is 0.196. The molecule has 2 aromatic rings.